The van der Waals surface area contributed by atoms with Crippen LogP contribution < -0.4 is 9.80 Å². The maximum atomic E-state index is 6.64. The summed E-state index contributed by atoms with van der Waals surface area (Å²) in [6.45, 7) is 8.62. The molecule has 0 saturated heterocycles. The van der Waals surface area contributed by atoms with Crippen molar-refractivity contribution in [1.29, 1.82) is 0 Å². The Morgan fingerprint density at radius 2 is 0.833 bits per heavy atom. The molecular weight excluding hydrogens is 661 g/mol. The second kappa shape index (κ2) is 12.4. The number of para-hydroxylation sites is 2. The van der Waals surface area contributed by atoms with Crippen molar-refractivity contribution in [3.63, 3.8) is 0 Å². The van der Waals surface area contributed by atoms with Crippen LogP contribution in [0.3, 0.4) is 0 Å². The van der Waals surface area contributed by atoms with E-state index in [-0.39, 0.29) is 0 Å². The normalized spacial score (nSPS) is 11.7. The molecule has 0 saturated carbocycles. The summed E-state index contributed by atoms with van der Waals surface area (Å²) >= 11 is 0. The predicted molar refractivity (Wildman–Crippen MR) is 227 cm³/mol. The van der Waals surface area contributed by atoms with Crippen LogP contribution >= 0.6 is 0 Å². The van der Waals surface area contributed by atoms with Crippen molar-refractivity contribution >= 4 is 88.8 Å². The zero-order chi connectivity index (χ0) is 36.5. The monoisotopic (exact) mass is 698 g/mol. The summed E-state index contributed by atoms with van der Waals surface area (Å²) < 4.78 is 13.3. The fraction of sp³-hybridized carbons (Fsp3) is 0.0800. The zero-order valence-electron chi connectivity index (χ0n) is 30.7. The molecule has 0 N–H and O–H groups in total. The third-order valence-corrected chi connectivity index (χ3v) is 10.6. The summed E-state index contributed by atoms with van der Waals surface area (Å²) in [5, 5.41) is 6.71. The highest BCUT2D eigenvalue weighted by Crippen LogP contribution is 2.45. The van der Waals surface area contributed by atoms with Gasteiger partial charge < -0.3 is 18.6 Å². The molecule has 0 fully saturated rings. The lowest BCUT2D eigenvalue weighted by atomic mass is 9.99. The molecular formula is C50H38N2O2. The van der Waals surface area contributed by atoms with Crippen LogP contribution in [0.5, 0.6) is 0 Å². The number of furan rings is 2. The summed E-state index contributed by atoms with van der Waals surface area (Å²) in [5.41, 5.74) is 14.9. The first-order chi connectivity index (χ1) is 26.4. The molecule has 8 aromatic carbocycles. The SMILES string of the molecule is Cc1cc(C)cc(N(c2ccccc2)c2ccc3c(c2)oc2ccc4c(ccc5oc6cc(N(c7ccccc7)c7ccc(C)cc7C)ccc6c54)c23)c1. The average Bonchev–Trinajstić information content (AvgIpc) is 3.74. The van der Waals surface area contributed by atoms with Gasteiger partial charge in [-0.15, -0.1) is 0 Å². The highest BCUT2D eigenvalue weighted by Gasteiger charge is 2.21. The van der Waals surface area contributed by atoms with Gasteiger partial charge in [-0.2, -0.15) is 0 Å². The number of aryl methyl sites for hydroxylation is 4. The first-order valence-corrected chi connectivity index (χ1v) is 18.5. The molecule has 0 aliphatic heterocycles. The summed E-state index contributed by atoms with van der Waals surface area (Å²) in [6, 6.07) is 56.2. The molecule has 4 nitrogen and oxygen atoms in total. The largest absolute Gasteiger partial charge is 0.456 e. The van der Waals surface area contributed by atoms with Gasteiger partial charge in [-0.1, -0.05) is 60.2 Å². The third kappa shape index (κ3) is 5.21. The van der Waals surface area contributed by atoms with Gasteiger partial charge in [0.2, 0.25) is 0 Å². The van der Waals surface area contributed by atoms with E-state index in [2.05, 4.69) is 195 Å². The topological polar surface area (TPSA) is 32.8 Å². The first-order valence-electron chi connectivity index (χ1n) is 18.5. The van der Waals surface area contributed by atoms with Gasteiger partial charge in [-0.3, -0.25) is 0 Å². The van der Waals surface area contributed by atoms with Gasteiger partial charge in [0.15, 0.2) is 0 Å². The molecule has 0 radical (unpaired) electrons. The maximum Gasteiger partial charge on any atom is 0.137 e. The Kier molecular flexibility index (Phi) is 7.34. The highest BCUT2D eigenvalue weighted by molar-refractivity contribution is 6.27. The molecule has 2 heterocycles. The summed E-state index contributed by atoms with van der Waals surface area (Å²) in [7, 11) is 0. The molecule has 4 heteroatoms. The van der Waals surface area contributed by atoms with E-state index in [4.69, 9.17) is 8.83 Å². The second-order valence-electron chi connectivity index (χ2n) is 14.5. The Balaban J connectivity index is 1.12. The minimum atomic E-state index is 0.856. The maximum absolute atomic E-state index is 6.64. The highest BCUT2D eigenvalue weighted by atomic mass is 16.3. The van der Waals surface area contributed by atoms with Gasteiger partial charge in [-0.05, 0) is 146 Å². The smallest absolute Gasteiger partial charge is 0.137 e. The number of benzene rings is 8. The van der Waals surface area contributed by atoms with Crippen molar-refractivity contribution in [3.8, 4) is 0 Å². The van der Waals surface area contributed by atoms with E-state index in [1.165, 1.54) is 22.3 Å². The first kappa shape index (κ1) is 31.9. The Morgan fingerprint density at radius 1 is 0.333 bits per heavy atom. The predicted octanol–water partition coefficient (Wildman–Crippen LogP) is 14.8. The standard InChI is InChI=1S/C50H38N2O2/c1-31-15-22-44(34(4)26-31)52(36-13-9-6-10-14-36)38-17-19-43-48(30-38)54-46-24-21-40-41(50(43)46)20-23-45-49(40)42-18-16-37(29-47(42)53-45)51(35-11-7-5-8-12-35)39-27-32(2)25-33(3)28-39/h5-30H,1-4H3. The molecule has 0 spiro atoms. The van der Waals surface area contributed by atoms with Crippen LogP contribution in [0.15, 0.2) is 167 Å². The van der Waals surface area contributed by atoms with Gasteiger partial charge in [0.1, 0.15) is 22.3 Å². The van der Waals surface area contributed by atoms with Crippen molar-refractivity contribution in [2.45, 2.75) is 27.7 Å². The van der Waals surface area contributed by atoms with Crippen molar-refractivity contribution in [3.05, 3.63) is 180 Å². The molecule has 0 bridgehead atoms. The zero-order valence-corrected chi connectivity index (χ0v) is 30.7. The third-order valence-electron chi connectivity index (χ3n) is 10.6. The van der Waals surface area contributed by atoms with Crippen molar-refractivity contribution in [2.24, 2.45) is 0 Å². The molecule has 54 heavy (non-hydrogen) atoms. The van der Waals surface area contributed by atoms with E-state index in [0.29, 0.717) is 0 Å². The molecule has 0 aliphatic carbocycles. The van der Waals surface area contributed by atoms with Crippen molar-refractivity contribution in [2.75, 3.05) is 9.80 Å². The lowest BCUT2D eigenvalue weighted by Crippen LogP contribution is -2.11. The van der Waals surface area contributed by atoms with Crippen LogP contribution in [0, 0.1) is 27.7 Å². The van der Waals surface area contributed by atoms with E-state index in [1.54, 1.807) is 0 Å². The van der Waals surface area contributed by atoms with E-state index in [1.807, 2.05) is 0 Å². The van der Waals surface area contributed by atoms with Crippen molar-refractivity contribution in [1.82, 2.24) is 0 Å². The Hall–Kier alpha value is -6.78. The number of hydrogen-bond acceptors (Lipinski definition) is 4. The lowest BCUT2D eigenvalue weighted by Gasteiger charge is -2.27. The average molecular weight is 699 g/mol. The fourth-order valence-corrected chi connectivity index (χ4v) is 8.38. The fourth-order valence-electron chi connectivity index (χ4n) is 8.38. The molecule has 0 unspecified atom stereocenters. The van der Waals surface area contributed by atoms with Crippen LogP contribution in [0.2, 0.25) is 0 Å². The van der Waals surface area contributed by atoms with E-state index >= 15 is 0 Å². The van der Waals surface area contributed by atoms with Crippen LogP contribution in [0.4, 0.5) is 34.1 Å². The number of anilines is 6. The minimum Gasteiger partial charge on any atom is -0.456 e. The quantitative estimate of drug-likeness (QED) is 0.173. The number of fused-ring (bicyclic) bond motifs is 9. The van der Waals surface area contributed by atoms with Crippen LogP contribution in [0.25, 0.3) is 54.6 Å². The molecule has 10 aromatic rings. The summed E-state index contributed by atoms with van der Waals surface area (Å²) in [6.07, 6.45) is 0. The van der Waals surface area contributed by atoms with E-state index in [0.717, 1.165) is 88.8 Å². The molecule has 0 aliphatic rings. The number of nitrogens with zero attached hydrogens (tertiary/aromatic N) is 2. The van der Waals surface area contributed by atoms with E-state index < -0.39 is 0 Å². The van der Waals surface area contributed by atoms with Gasteiger partial charge in [0.25, 0.3) is 0 Å². The van der Waals surface area contributed by atoms with Gasteiger partial charge in [-0.25, -0.2) is 0 Å². The van der Waals surface area contributed by atoms with E-state index in [9.17, 15) is 0 Å². The summed E-state index contributed by atoms with van der Waals surface area (Å²) in [5.74, 6) is 0. The molecule has 2 aromatic heterocycles. The molecule has 260 valence electrons. The van der Waals surface area contributed by atoms with Gasteiger partial charge in [0, 0.05) is 67.8 Å². The number of rotatable bonds is 6. The van der Waals surface area contributed by atoms with Crippen LogP contribution in [-0.2, 0) is 0 Å². The Bertz CT molecular complexity index is 3030. The molecule has 0 amide bonds. The van der Waals surface area contributed by atoms with Gasteiger partial charge in [0.05, 0.1) is 0 Å². The Morgan fingerprint density at radius 3 is 1.37 bits per heavy atom. The van der Waals surface area contributed by atoms with Gasteiger partial charge >= 0.3 is 0 Å². The molecule has 0 atom stereocenters. The number of hydrogen-bond donors (Lipinski definition) is 0. The lowest BCUT2D eigenvalue weighted by molar-refractivity contribution is 0.668. The van der Waals surface area contributed by atoms with Crippen molar-refractivity contribution < 1.29 is 8.83 Å². The Labute approximate surface area is 314 Å². The summed E-state index contributed by atoms with van der Waals surface area (Å²) in [4.78, 5) is 4.62. The van der Waals surface area contributed by atoms with Crippen LogP contribution in [0.1, 0.15) is 22.3 Å². The second-order valence-corrected chi connectivity index (χ2v) is 14.5. The minimum absolute atomic E-state index is 0.856. The van der Waals surface area contributed by atoms with Crippen LogP contribution in [-0.4, -0.2) is 0 Å². The molecule has 10 rings (SSSR count).